The summed E-state index contributed by atoms with van der Waals surface area (Å²) in [6.45, 7) is 9.33. The predicted octanol–water partition coefficient (Wildman–Crippen LogP) is 1.51. The second-order valence-corrected chi connectivity index (χ2v) is 4.14. The van der Waals surface area contributed by atoms with Gasteiger partial charge in [-0.15, -0.1) is 30.6 Å². The Bertz CT molecular complexity index is 243. The molecule has 0 aromatic rings. The Morgan fingerprint density at radius 1 is 1.69 bits per heavy atom. The molecule has 0 radical (unpaired) electrons. The summed E-state index contributed by atoms with van der Waals surface area (Å²) in [7, 11) is 0. The average molecular weight is 339 g/mol. The monoisotopic (exact) mass is 339 g/mol. The van der Waals surface area contributed by atoms with Crippen molar-refractivity contribution < 1.29 is 4.74 Å². The van der Waals surface area contributed by atoms with E-state index < -0.39 is 0 Å². The highest BCUT2D eigenvalue weighted by Crippen LogP contribution is 2.21. The summed E-state index contributed by atoms with van der Waals surface area (Å²) in [5, 5.41) is 3.06. The fraction of sp³-hybridized carbons (Fsp3) is 0.727. The zero-order valence-electron chi connectivity index (χ0n) is 9.98. The van der Waals surface area contributed by atoms with Crippen molar-refractivity contribution in [1.82, 2.24) is 5.32 Å². The molecule has 94 valence electrons. The summed E-state index contributed by atoms with van der Waals surface area (Å²) in [5.74, 6) is 0.940. The molecule has 0 spiro atoms. The lowest BCUT2D eigenvalue weighted by atomic mass is 10.0. The minimum Gasteiger partial charge on any atom is -0.374 e. The van der Waals surface area contributed by atoms with Gasteiger partial charge in [0.15, 0.2) is 5.96 Å². The third-order valence-electron chi connectivity index (χ3n) is 2.43. The third-order valence-corrected chi connectivity index (χ3v) is 2.43. The topological polar surface area (TPSA) is 59.6 Å². The van der Waals surface area contributed by atoms with Crippen LogP contribution in [0.2, 0.25) is 0 Å². The summed E-state index contributed by atoms with van der Waals surface area (Å²) >= 11 is 0. The van der Waals surface area contributed by atoms with Crippen LogP contribution >= 0.6 is 24.0 Å². The first-order valence-corrected chi connectivity index (χ1v) is 5.44. The summed E-state index contributed by atoms with van der Waals surface area (Å²) in [4.78, 5) is 4.30. The molecule has 0 unspecified atom stereocenters. The zero-order chi connectivity index (χ0) is 11.3. The molecule has 2 atom stereocenters. The van der Waals surface area contributed by atoms with E-state index in [0.29, 0.717) is 24.5 Å². The van der Waals surface area contributed by atoms with E-state index in [9.17, 15) is 0 Å². The first-order chi connectivity index (χ1) is 7.13. The van der Waals surface area contributed by atoms with Crippen LogP contribution in [0.25, 0.3) is 0 Å². The predicted molar refractivity (Wildman–Crippen MR) is 78.2 cm³/mol. The SMILES string of the molecule is C=C[C@@H]1OCC[C@H]1CN=C(N)NC(C)C.I. The molecular formula is C11H22IN3O. The summed E-state index contributed by atoms with van der Waals surface area (Å²) in [5.41, 5.74) is 5.71. The van der Waals surface area contributed by atoms with Crippen LogP contribution in [0.4, 0.5) is 0 Å². The van der Waals surface area contributed by atoms with Crippen molar-refractivity contribution in [2.75, 3.05) is 13.2 Å². The molecule has 0 aromatic carbocycles. The van der Waals surface area contributed by atoms with Gasteiger partial charge in [-0.25, -0.2) is 0 Å². The van der Waals surface area contributed by atoms with Gasteiger partial charge in [-0.2, -0.15) is 0 Å². The minimum absolute atomic E-state index is 0. The van der Waals surface area contributed by atoms with E-state index in [2.05, 4.69) is 16.9 Å². The number of nitrogens with zero attached hydrogens (tertiary/aromatic N) is 1. The van der Waals surface area contributed by atoms with Gasteiger partial charge in [0.1, 0.15) is 0 Å². The van der Waals surface area contributed by atoms with E-state index in [1.54, 1.807) is 0 Å². The first kappa shape index (κ1) is 15.7. The lowest BCUT2D eigenvalue weighted by molar-refractivity contribution is 0.129. The molecule has 1 rings (SSSR count). The van der Waals surface area contributed by atoms with Crippen molar-refractivity contribution >= 4 is 29.9 Å². The number of nitrogens with one attached hydrogen (secondary N) is 1. The lowest BCUT2D eigenvalue weighted by Gasteiger charge is -2.13. The molecule has 1 aliphatic heterocycles. The standard InChI is InChI=1S/C11H21N3O.HI/c1-4-10-9(5-6-15-10)7-13-11(12)14-8(2)3;/h4,8-10H,1,5-7H2,2-3H3,(H3,12,13,14);1H/t9-,10-;/m0./s1. The highest BCUT2D eigenvalue weighted by Gasteiger charge is 2.25. The van der Waals surface area contributed by atoms with Gasteiger partial charge in [-0.1, -0.05) is 6.08 Å². The van der Waals surface area contributed by atoms with E-state index in [1.807, 2.05) is 19.9 Å². The maximum Gasteiger partial charge on any atom is 0.188 e. The van der Waals surface area contributed by atoms with Crippen LogP contribution in [0.15, 0.2) is 17.6 Å². The molecule has 3 N–H and O–H groups in total. The van der Waals surface area contributed by atoms with Crippen LogP contribution in [-0.2, 0) is 4.74 Å². The number of hydrogen-bond acceptors (Lipinski definition) is 2. The Balaban J connectivity index is 0.00000225. The van der Waals surface area contributed by atoms with Gasteiger partial charge in [-0.3, -0.25) is 4.99 Å². The van der Waals surface area contributed by atoms with Crippen molar-refractivity contribution in [3.8, 4) is 0 Å². The Kier molecular flexibility index (Phi) is 7.74. The number of halogens is 1. The summed E-state index contributed by atoms with van der Waals surface area (Å²) < 4.78 is 5.48. The van der Waals surface area contributed by atoms with Gasteiger partial charge in [-0.05, 0) is 20.3 Å². The lowest BCUT2D eigenvalue weighted by Crippen LogP contribution is -2.37. The molecule has 0 bridgehead atoms. The normalized spacial score (nSPS) is 25.3. The van der Waals surface area contributed by atoms with Gasteiger partial charge in [0.05, 0.1) is 6.10 Å². The highest BCUT2D eigenvalue weighted by molar-refractivity contribution is 14.0. The molecule has 1 heterocycles. The Morgan fingerprint density at radius 2 is 2.38 bits per heavy atom. The number of rotatable bonds is 4. The molecule has 0 amide bonds. The second kappa shape index (κ2) is 7.89. The van der Waals surface area contributed by atoms with Crippen LogP contribution < -0.4 is 11.1 Å². The van der Waals surface area contributed by atoms with E-state index in [1.165, 1.54) is 0 Å². The molecule has 4 nitrogen and oxygen atoms in total. The maximum absolute atomic E-state index is 5.71. The first-order valence-electron chi connectivity index (χ1n) is 5.44. The Labute approximate surface area is 115 Å². The van der Waals surface area contributed by atoms with Gasteiger partial charge >= 0.3 is 0 Å². The molecule has 1 saturated heterocycles. The molecule has 1 aliphatic rings. The summed E-state index contributed by atoms with van der Waals surface area (Å²) in [6, 6.07) is 0.323. The quantitative estimate of drug-likeness (QED) is 0.353. The average Bonchev–Trinajstić information content (AvgIpc) is 2.60. The van der Waals surface area contributed by atoms with E-state index in [4.69, 9.17) is 10.5 Å². The number of hydrogen-bond donors (Lipinski definition) is 2. The van der Waals surface area contributed by atoms with E-state index in [0.717, 1.165) is 13.0 Å². The highest BCUT2D eigenvalue weighted by atomic mass is 127. The molecule has 16 heavy (non-hydrogen) atoms. The second-order valence-electron chi connectivity index (χ2n) is 4.14. The van der Waals surface area contributed by atoms with Gasteiger partial charge < -0.3 is 15.8 Å². The van der Waals surface area contributed by atoms with Crippen molar-refractivity contribution in [3.63, 3.8) is 0 Å². The van der Waals surface area contributed by atoms with Crippen LogP contribution in [0.5, 0.6) is 0 Å². The molecule has 5 heteroatoms. The smallest absolute Gasteiger partial charge is 0.188 e. The third kappa shape index (κ3) is 5.16. The number of aliphatic imine (C=N–C) groups is 1. The Morgan fingerprint density at radius 3 is 2.94 bits per heavy atom. The van der Waals surface area contributed by atoms with Gasteiger partial charge in [0.2, 0.25) is 0 Å². The number of ether oxygens (including phenoxy) is 1. The maximum atomic E-state index is 5.71. The molecule has 0 aliphatic carbocycles. The van der Waals surface area contributed by atoms with Crippen LogP contribution in [-0.4, -0.2) is 31.3 Å². The van der Waals surface area contributed by atoms with Gasteiger partial charge in [0, 0.05) is 25.1 Å². The molecule has 0 saturated carbocycles. The van der Waals surface area contributed by atoms with E-state index >= 15 is 0 Å². The van der Waals surface area contributed by atoms with Gasteiger partial charge in [0.25, 0.3) is 0 Å². The molecule has 1 fully saturated rings. The van der Waals surface area contributed by atoms with Crippen molar-refractivity contribution in [2.24, 2.45) is 16.6 Å². The van der Waals surface area contributed by atoms with Crippen molar-refractivity contribution in [2.45, 2.75) is 32.4 Å². The number of nitrogens with two attached hydrogens (primary N) is 1. The summed E-state index contributed by atoms with van der Waals surface area (Å²) in [6.07, 6.45) is 3.02. The van der Waals surface area contributed by atoms with E-state index in [-0.39, 0.29) is 30.1 Å². The fourth-order valence-electron chi connectivity index (χ4n) is 1.67. The number of guanidine groups is 1. The van der Waals surface area contributed by atoms with Crippen LogP contribution in [0.3, 0.4) is 0 Å². The van der Waals surface area contributed by atoms with Crippen molar-refractivity contribution in [3.05, 3.63) is 12.7 Å². The molecule has 0 aromatic heterocycles. The Hall–Kier alpha value is -0.300. The molecular weight excluding hydrogens is 317 g/mol. The zero-order valence-corrected chi connectivity index (χ0v) is 12.3. The minimum atomic E-state index is 0. The fourth-order valence-corrected chi connectivity index (χ4v) is 1.67. The van der Waals surface area contributed by atoms with Crippen LogP contribution in [0.1, 0.15) is 20.3 Å². The van der Waals surface area contributed by atoms with Crippen LogP contribution in [0, 0.1) is 5.92 Å². The largest absolute Gasteiger partial charge is 0.374 e. The van der Waals surface area contributed by atoms with Crippen molar-refractivity contribution in [1.29, 1.82) is 0 Å².